The summed E-state index contributed by atoms with van der Waals surface area (Å²) >= 11 is 11.9. The number of benzene rings is 2. The Morgan fingerprint density at radius 2 is 2.00 bits per heavy atom. The van der Waals surface area contributed by atoms with Crippen LogP contribution < -0.4 is 10.1 Å². The van der Waals surface area contributed by atoms with Gasteiger partial charge in [-0.2, -0.15) is 5.10 Å². The zero-order chi connectivity index (χ0) is 17.8. The summed E-state index contributed by atoms with van der Waals surface area (Å²) in [7, 11) is 0. The maximum Gasteiger partial charge on any atom is 0.274 e. The molecule has 0 bridgehead atoms. The molecular weight excluding hydrogens is 365 g/mol. The highest BCUT2D eigenvalue weighted by Gasteiger charge is 2.15. The van der Waals surface area contributed by atoms with Gasteiger partial charge in [0.05, 0.1) is 10.7 Å². The van der Waals surface area contributed by atoms with Gasteiger partial charge in [-0.1, -0.05) is 35.3 Å². The van der Waals surface area contributed by atoms with Gasteiger partial charge in [-0.05, 0) is 36.4 Å². The predicted molar refractivity (Wildman–Crippen MR) is 95.4 cm³/mol. The second-order valence-electron chi connectivity index (χ2n) is 5.04. The number of ether oxygens (including phenoxy) is 1. The van der Waals surface area contributed by atoms with E-state index in [9.17, 15) is 9.90 Å². The lowest BCUT2D eigenvalue weighted by Crippen LogP contribution is -2.19. The van der Waals surface area contributed by atoms with E-state index in [1.807, 2.05) is 0 Å². The molecule has 1 amide bonds. The lowest BCUT2D eigenvalue weighted by molar-refractivity contribution is 0.100. The summed E-state index contributed by atoms with van der Waals surface area (Å²) in [6.07, 6.45) is 1.47. The number of aromatic hydroxyl groups is 1. The van der Waals surface area contributed by atoms with Crippen molar-refractivity contribution in [2.45, 2.75) is 6.73 Å². The number of rotatable bonds is 5. The Balaban J connectivity index is 1.73. The first kappa shape index (κ1) is 17.1. The van der Waals surface area contributed by atoms with Crippen LogP contribution in [0.15, 0.2) is 54.7 Å². The van der Waals surface area contributed by atoms with E-state index < -0.39 is 5.91 Å². The molecule has 128 valence electrons. The number of anilines is 1. The summed E-state index contributed by atoms with van der Waals surface area (Å²) < 4.78 is 6.96. The summed E-state index contributed by atoms with van der Waals surface area (Å²) in [5.41, 5.74) is 0.462. The van der Waals surface area contributed by atoms with E-state index in [0.29, 0.717) is 15.8 Å². The fourth-order valence-electron chi connectivity index (χ4n) is 2.12. The quantitative estimate of drug-likeness (QED) is 0.653. The zero-order valence-corrected chi connectivity index (χ0v) is 14.3. The number of hydrogen-bond donors (Lipinski definition) is 2. The fourth-order valence-corrected chi connectivity index (χ4v) is 2.48. The second-order valence-corrected chi connectivity index (χ2v) is 5.88. The topological polar surface area (TPSA) is 76.4 Å². The van der Waals surface area contributed by atoms with E-state index in [4.69, 9.17) is 27.9 Å². The third-order valence-electron chi connectivity index (χ3n) is 3.33. The van der Waals surface area contributed by atoms with E-state index in [2.05, 4.69) is 10.4 Å². The van der Waals surface area contributed by atoms with Crippen LogP contribution in [0.5, 0.6) is 11.5 Å². The summed E-state index contributed by atoms with van der Waals surface area (Å²) in [6, 6.07) is 12.9. The number of carbonyl (C=O) groups excluding carboxylic acids is 1. The summed E-state index contributed by atoms with van der Waals surface area (Å²) in [4.78, 5) is 12.4. The molecule has 1 heterocycles. The maximum absolute atomic E-state index is 12.4. The van der Waals surface area contributed by atoms with Crippen LogP contribution in [0.1, 0.15) is 10.5 Å². The number of phenols is 1. The third kappa shape index (κ3) is 4.04. The van der Waals surface area contributed by atoms with Gasteiger partial charge in [0.2, 0.25) is 0 Å². The molecule has 0 aliphatic rings. The SMILES string of the molecule is O=C(Nc1cc(Cl)ccc1O)c1ccnn1COc1ccccc1Cl. The fraction of sp³-hybridized carbons (Fsp3) is 0.0588. The Hall–Kier alpha value is -2.70. The Bertz CT molecular complexity index is 912. The minimum atomic E-state index is -0.460. The lowest BCUT2D eigenvalue weighted by atomic mass is 10.3. The molecule has 0 unspecified atom stereocenters. The smallest absolute Gasteiger partial charge is 0.274 e. The first-order chi connectivity index (χ1) is 12.0. The molecule has 2 aromatic carbocycles. The molecule has 0 saturated heterocycles. The lowest BCUT2D eigenvalue weighted by Gasteiger charge is -2.11. The molecule has 8 heteroatoms. The van der Waals surface area contributed by atoms with E-state index in [1.54, 1.807) is 24.3 Å². The number of carbonyl (C=O) groups is 1. The van der Waals surface area contributed by atoms with Crippen LogP contribution in [0.3, 0.4) is 0 Å². The van der Waals surface area contributed by atoms with Gasteiger partial charge in [-0.3, -0.25) is 4.79 Å². The average molecular weight is 378 g/mol. The minimum Gasteiger partial charge on any atom is -0.506 e. The van der Waals surface area contributed by atoms with Crippen molar-refractivity contribution in [3.05, 3.63) is 70.5 Å². The molecule has 3 aromatic rings. The number of amides is 1. The van der Waals surface area contributed by atoms with Gasteiger partial charge >= 0.3 is 0 Å². The van der Waals surface area contributed by atoms with Crippen LogP contribution in [0.4, 0.5) is 5.69 Å². The Labute approximate surface area is 153 Å². The van der Waals surface area contributed by atoms with Crippen molar-refractivity contribution in [3.8, 4) is 11.5 Å². The van der Waals surface area contributed by atoms with Crippen LogP contribution in [-0.4, -0.2) is 20.8 Å². The molecule has 0 saturated carbocycles. The van der Waals surface area contributed by atoms with Crippen molar-refractivity contribution >= 4 is 34.8 Å². The van der Waals surface area contributed by atoms with Crippen molar-refractivity contribution in [3.63, 3.8) is 0 Å². The number of phenolic OH excluding ortho intramolecular Hbond substituents is 1. The van der Waals surface area contributed by atoms with E-state index >= 15 is 0 Å². The molecule has 3 rings (SSSR count). The molecule has 1 aromatic heterocycles. The van der Waals surface area contributed by atoms with Crippen LogP contribution in [0.25, 0.3) is 0 Å². The first-order valence-electron chi connectivity index (χ1n) is 7.23. The number of nitrogens with zero attached hydrogens (tertiary/aromatic N) is 2. The van der Waals surface area contributed by atoms with Gasteiger partial charge < -0.3 is 15.2 Å². The number of halogens is 2. The molecule has 0 fully saturated rings. The van der Waals surface area contributed by atoms with Crippen LogP contribution in [0, 0.1) is 0 Å². The standard InChI is InChI=1S/C17H13Cl2N3O3/c18-11-5-6-15(23)13(9-11)21-17(24)14-7-8-20-22(14)10-25-16-4-2-1-3-12(16)19/h1-9,23H,10H2,(H,21,24). The predicted octanol–water partition coefficient (Wildman–Crippen LogP) is 4.18. The maximum atomic E-state index is 12.4. The molecule has 25 heavy (non-hydrogen) atoms. The number of para-hydroxylation sites is 1. The Morgan fingerprint density at radius 1 is 1.20 bits per heavy atom. The van der Waals surface area contributed by atoms with Crippen molar-refractivity contribution in [2.75, 3.05) is 5.32 Å². The largest absolute Gasteiger partial charge is 0.506 e. The number of aromatic nitrogens is 2. The molecule has 0 atom stereocenters. The van der Waals surface area contributed by atoms with Gasteiger partial charge in [0.1, 0.15) is 17.2 Å². The second kappa shape index (κ2) is 7.46. The molecule has 6 nitrogen and oxygen atoms in total. The van der Waals surface area contributed by atoms with Crippen LogP contribution in [0.2, 0.25) is 10.0 Å². The van der Waals surface area contributed by atoms with Crippen molar-refractivity contribution < 1.29 is 14.6 Å². The van der Waals surface area contributed by atoms with Gasteiger partial charge in [0, 0.05) is 11.2 Å². The van der Waals surface area contributed by atoms with Gasteiger partial charge in [-0.25, -0.2) is 4.68 Å². The normalized spacial score (nSPS) is 10.5. The zero-order valence-electron chi connectivity index (χ0n) is 12.8. The summed E-state index contributed by atoms with van der Waals surface area (Å²) in [6.45, 7) is 0.00101. The highest BCUT2D eigenvalue weighted by atomic mass is 35.5. The number of nitrogens with one attached hydrogen (secondary N) is 1. The van der Waals surface area contributed by atoms with Crippen LogP contribution >= 0.6 is 23.2 Å². The van der Waals surface area contributed by atoms with Crippen molar-refractivity contribution in [1.82, 2.24) is 9.78 Å². The van der Waals surface area contributed by atoms with Crippen molar-refractivity contribution in [1.29, 1.82) is 0 Å². The van der Waals surface area contributed by atoms with E-state index in [-0.39, 0.29) is 23.9 Å². The first-order valence-corrected chi connectivity index (χ1v) is 7.99. The Kier molecular flexibility index (Phi) is 5.11. The summed E-state index contributed by atoms with van der Waals surface area (Å²) in [5, 5.41) is 17.3. The third-order valence-corrected chi connectivity index (χ3v) is 3.88. The molecule has 0 aliphatic heterocycles. The monoisotopic (exact) mass is 377 g/mol. The van der Waals surface area contributed by atoms with E-state index in [1.165, 1.54) is 35.1 Å². The van der Waals surface area contributed by atoms with Gasteiger partial charge in [-0.15, -0.1) is 0 Å². The molecule has 0 spiro atoms. The number of hydrogen-bond acceptors (Lipinski definition) is 4. The highest BCUT2D eigenvalue weighted by molar-refractivity contribution is 6.32. The van der Waals surface area contributed by atoms with Gasteiger partial charge in [0.25, 0.3) is 5.91 Å². The summed E-state index contributed by atoms with van der Waals surface area (Å²) in [5.74, 6) is -0.0625. The van der Waals surface area contributed by atoms with Crippen molar-refractivity contribution in [2.24, 2.45) is 0 Å². The van der Waals surface area contributed by atoms with E-state index in [0.717, 1.165) is 0 Å². The molecular formula is C17H13Cl2N3O3. The molecule has 0 aliphatic carbocycles. The molecule has 0 radical (unpaired) electrons. The Morgan fingerprint density at radius 3 is 2.80 bits per heavy atom. The average Bonchev–Trinajstić information content (AvgIpc) is 3.06. The molecule has 2 N–H and O–H groups in total. The minimum absolute atomic E-state index is 0.00101. The van der Waals surface area contributed by atoms with Gasteiger partial charge in [0.15, 0.2) is 6.73 Å². The van der Waals surface area contributed by atoms with Crippen LogP contribution in [-0.2, 0) is 6.73 Å². The highest BCUT2D eigenvalue weighted by Crippen LogP contribution is 2.27.